The number of benzene rings is 1. The lowest BCUT2D eigenvalue weighted by Gasteiger charge is -2.12. The third kappa shape index (κ3) is 4.45. The quantitative estimate of drug-likeness (QED) is 0.334. The van der Waals surface area contributed by atoms with E-state index >= 15 is 0 Å². The van der Waals surface area contributed by atoms with E-state index in [-0.39, 0.29) is 5.56 Å². The highest BCUT2D eigenvalue weighted by atomic mass is 32.2. The van der Waals surface area contributed by atoms with Gasteiger partial charge in [-0.25, -0.2) is 13.4 Å². The molecule has 0 saturated carbocycles. The van der Waals surface area contributed by atoms with Crippen LogP contribution in [-0.2, 0) is 22.1 Å². The lowest BCUT2D eigenvalue weighted by molar-refractivity contribution is 0.234. The molecule has 0 radical (unpaired) electrons. The Labute approximate surface area is 182 Å². The minimum atomic E-state index is -4.61. The molecule has 0 aliphatic rings. The first-order chi connectivity index (χ1) is 14.2. The molecule has 0 spiro atoms. The Bertz CT molecular complexity index is 1220. The predicted molar refractivity (Wildman–Crippen MR) is 117 cm³/mol. The second-order valence-electron chi connectivity index (χ2n) is 6.91. The first kappa shape index (κ1) is 22.9. The van der Waals surface area contributed by atoms with Gasteiger partial charge in [0.25, 0.3) is 5.56 Å². The van der Waals surface area contributed by atoms with E-state index in [1.54, 1.807) is 4.57 Å². The first-order valence-electron chi connectivity index (χ1n) is 9.41. The van der Waals surface area contributed by atoms with Gasteiger partial charge in [-0.15, -0.1) is 11.3 Å². The number of thiophene rings is 1. The number of nitrogens with zero attached hydrogens (tertiary/aromatic N) is 2. The van der Waals surface area contributed by atoms with Crippen LogP contribution < -0.4 is 5.56 Å². The highest BCUT2D eigenvalue weighted by Gasteiger charge is 2.26. The number of sulfone groups is 1. The molecule has 3 aromatic rings. The van der Waals surface area contributed by atoms with E-state index in [0.29, 0.717) is 27.7 Å². The summed E-state index contributed by atoms with van der Waals surface area (Å²) in [5.41, 5.74) is 1.67. The Morgan fingerprint density at radius 2 is 1.87 bits per heavy atom. The van der Waals surface area contributed by atoms with Crippen LogP contribution in [0.4, 0.5) is 8.78 Å². The van der Waals surface area contributed by atoms with Crippen molar-refractivity contribution in [2.45, 2.75) is 61.7 Å². The lowest BCUT2D eigenvalue weighted by Crippen LogP contribution is -2.23. The number of thioether (sulfide) groups is 1. The average Bonchev–Trinajstić information content (AvgIpc) is 2.99. The number of aromatic nitrogens is 2. The van der Waals surface area contributed by atoms with Gasteiger partial charge in [-0.05, 0) is 43.5 Å². The molecule has 0 atom stereocenters. The number of hydrogen-bond donors (Lipinski definition) is 0. The highest BCUT2D eigenvalue weighted by molar-refractivity contribution is 7.98. The summed E-state index contributed by atoms with van der Waals surface area (Å²) in [6.45, 7) is 6.53. The van der Waals surface area contributed by atoms with Crippen LogP contribution in [0.25, 0.3) is 10.2 Å². The van der Waals surface area contributed by atoms with Crippen molar-refractivity contribution < 1.29 is 17.2 Å². The fraction of sp³-hybridized carbons (Fsp3) is 0.400. The van der Waals surface area contributed by atoms with Gasteiger partial charge >= 0.3 is 5.76 Å². The van der Waals surface area contributed by atoms with Crippen molar-refractivity contribution in [3.8, 4) is 0 Å². The molecule has 0 bridgehead atoms. The van der Waals surface area contributed by atoms with E-state index in [1.807, 2.05) is 13.8 Å². The highest BCUT2D eigenvalue weighted by Crippen LogP contribution is 2.30. The molecule has 0 amide bonds. The Hall–Kier alpha value is -1.78. The number of fused-ring (bicyclic) bond motifs is 1. The van der Waals surface area contributed by atoms with E-state index in [1.165, 1.54) is 47.4 Å². The molecule has 2 aromatic heterocycles. The summed E-state index contributed by atoms with van der Waals surface area (Å²) in [5, 5.41) is 1.27. The summed E-state index contributed by atoms with van der Waals surface area (Å²) >= 11 is 2.87. The van der Waals surface area contributed by atoms with Crippen LogP contribution >= 0.6 is 23.1 Å². The Balaban J connectivity index is 1.91. The Morgan fingerprint density at radius 3 is 2.47 bits per heavy atom. The van der Waals surface area contributed by atoms with Gasteiger partial charge in [0, 0.05) is 17.2 Å². The Kier molecular flexibility index (Phi) is 6.98. The molecule has 30 heavy (non-hydrogen) atoms. The maximum absolute atomic E-state index is 13.1. The van der Waals surface area contributed by atoms with Crippen molar-refractivity contribution in [2.75, 3.05) is 0 Å². The number of aryl methyl sites for hydroxylation is 2. The monoisotopic (exact) mass is 472 g/mol. The SMILES string of the molecule is CCCCn1c(SCc2ccc(S(=O)(=O)C(F)F)cc2)nc2sc(C)c(C)c2c1=O. The molecule has 0 fully saturated rings. The summed E-state index contributed by atoms with van der Waals surface area (Å²) in [5.74, 6) is -3.01. The van der Waals surface area contributed by atoms with E-state index < -0.39 is 20.5 Å². The normalized spacial score (nSPS) is 12.2. The largest absolute Gasteiger partial charge is 0.341 e. The van der Waals surface area contributed by atoms with Crippen LogP contribution in [0.2, 0.25) is 0 Å². The number of unbranched alkanes of at least 4 members (excludes halogenated alkanes) is 1. The van der Waals surface area contributed by atoms with E-state index in [4.69, 9.17) is 4.98 Å². The minimum absolute atomic E-state index is 0.0452. The number of rotatable bonds is 8. The van der Waals surface area contributed by atoms with Gasteiger partial charge in [-0.3, -0.25) is 9.36 Å². The maximum atomic E-state index is 13.1. The van der Waals surface area contributed by atoms with Gasteiger partial charge in [0.1, 0.15) is 4.83 Å². The van der Waals surface area contributed by atoms with Crippen molar-refractivity contribution in [1.82, 2.24) is 9.55 Å². The second kappa shape index (κ2) is 9.15. The predicted octanol–water partition coefficient (Wildman–Crippen LogP) is 5.16. The van der Waals surface area contributed by atoms with Crippen molar-refractivity contribution in [3.63, 3.8) is 0 Å². The van der Waals surface area contributed by atoms with Gasteiger partial charge in [-0.1, -0.05) is 37.2 Å². The molecule has 0 unspecified atom stereocenters. The average molecular weight is 473 g/mol. The van der Waals surface area contributed by atoms with Crippen LogP contribution in [0.5, 0.6) is 0 Å². The maximum Gasteiger partial charge on any atom is 0.341 e. The van der Waals surface area contributed by atoms with Gasteiger partial charge in [0.2, 0.25) is 9.84 Å². The topological polar surface area (TPSA) is 69.0 Å². The van der Waals surface area contributed by atoms with Crippen molar-refractivity contribution in [3.05, 3.63) is 50.6 Å². The van der Waals surface area contributed by atoms with Crippen LogP contribution in [0.1, 0.15) is 35.8 Å². The summed E-state index contributed by atoms with van der Waals surface area (Å²) < 4.78 is 50.2. The third-order valence-corrected chi connectivity index (χ3v) is 8.39. The summed E-state index contributed by atoms with van der Waals surface area (Å²) in [4.78, 5) is 19.2. The molecule has 2 heterocycles. The molecule has 1 aromatic carbocycles. The molecule has 0 aliphatic carbocycles. The molecular weight excluding hydrogens is 450 g/mol. The third-order valence-electron chi connectivity index (χ3n) is 4.84. The van der Waals surface area contributed by atoms with Crippen LogP contribution in [0.3, 0.4) is 0 Å². The molecular formula is C20H22F2N2O3S3. The molecule has 0 N–H and O–H groups in total. The van der Waals surface area contributed by atoms with Crippen molar-refractivity contribution in [2.24, 2.45) is 0 Å². The fourth-order valence-corrected chi connectivity index (χ4v) is 5.73. The molecule has 0 saturated heterocycles. The van der Waals surface area contributed by atoms with E-state index in [9.17, 15) is 22.0 Å². The molecule has 0 aliphatic heterocycles. The number of halogens is 2. The number of hydrogen-bond acceptors (Lipinski definition) is 6. The van der Waals surface area contributed by atoms with Crippen LogP contribution in [-0.4, -0.2) is 23.7 Å². The van der Waals surface area contributed by atoms with Crippen molar-refractivity contribution in [1.29, 1.82) is 0 Å². The minimum Gasteiger partial charge on any atom is -0.287 e. The van der Waals surface area contributed by atoms with Gasteiger partial charge in [0.05, 0.1) is 10.3 Å². The molecule has 10 heteroatoms. The number of alkyl halides is 2. The van der Waals surface area contributed by atoms with E-state index in [2.05, 4.69) is 6.92 Å². The van der Waals surface area contributed by atoms with Gasteiger partial charge < -0.3 is 0 Å². The van der Waals surface area contributed by atoms with Crippen LogP contribution in [0.15, 0.2) is 39.1 Å². The lowest BCUT2D eigenvalue weighted by atomic mass is 10.2. The zero-order chi connectivity index (χ0) is 22.1. The smallest absolute Gasteiger partial charge is 0.287 e. The summed E-state index contributed by atoms with van der Waals surface area (Å²) in [6.07, 6.45) is 1.79. The molecule has 3 rings (SSSR count). The second-order valence-corrected chi connectivity index (χ2v) is 11.0. The zero-order valence-electron chi connectivity index (χ0n) is 16.8. The summed E-state index contributed by atoms with van der Waals surface area (Å²) in [7, 11) is -4.61. The molecule has 5 nitrogen and oxygen atoms in total. The fourth-order valence-electron chi connectivity index (χ4n) is 2.96. The van der Waals surface area contributed by atoms with Crippen LogP contribution in [0, 0.1) is 13.8 Å². The summed E-state index contributed by atoms with van der Waals surface area (Å²) in [6, 6.07) is 5.39. The first-order valence-corrected chi connectivity index (χ1v) is 12.8. The van der Waals surface area contributed by atoms with E-state index in [0.717, 1.165) is 28.8 Å². The van der Waals surface area contributed by atoms with Crippen molar-refractivity contribution >= 4 is 43.2 Å². The standard InChI is InChI=1S/C20H22F2N2O3S3/c1-4-5-10-24-18(25)16-12(2)13(3)29-17(16)23-20(24)28-11-14-6-8-15(9-7-14)30(26,27)19(21)22/h6-9,19H,4-5,10-11H2,1-3H3. The zero-order valence-corrected chi connectivity index (χ0v) is 19.3. The molecule has 162 valence electrons. The van der Waals surface area contributed by atoms with Gasteiger partial charge in [-0.2, -0.15) is 8.78 Å². The Morgan fingerprint density at radius 1 is 1.20 bits per heavy atom. The van der Waals surface area contributed by atoms with Gasteiger partial charge in [0.15, 0.2) is 5.16 Å².